The number of amidine groups is 1. The second kappa shape index (κ2) is 6.44. The Balaban J connectivity index is 2.22. The topological polar surface area (TPSA) is 83.8 Å². The fourth-order valence-corrected chi connectivity index (χ4v) is 4.27. The van der Waals surface area contributed by atoms with Gasteiger partial charge in [-0.25, -0.2) is 4.39 Å². The van der Waals surface area contributed by atoms with Gasteiger partial charge in [0.15, 0.2) is 11.7 Å². The maximum absolute atomic E-state index is 14.8. The van der Waals surface area contributed by atoms with Crippen LogP contribution in [0.2, 0.25) is 0 Å². The van der Waals surface area contributed by atoms with Crippen molar-refractivity contribution in [1.29, 1.82) is 0 Å². The van der Waals surface area contributed by atoms with E-state index in [1.807, 2.05) is 42.6 Å². The number of nitrogens with two attached hydrogens (primary N) is 1. The highest BCUT2D eigenvalue weighted by Crippen LogP contribution is 2.40. The van der Waals surface area contributed by atoms with Gasteiger partial charge in [0.2, 0.25) is 0 Å². The van der Waals surface area contributed by atoms with Crippen LogP contribution in [0.15, 0.2) is 59.1 Å². The second-order valence-electron chi connectivity index (χ2n) is 6.13. The lowest BCUT2D eigenvalue weighted by Crippen LogP contribution is -2.14. The number of hydrogen-bond acceptors (Lipinski definition) is 4. The Bertz CT molecular complexity index is 1190. The highest BCUT2D eigenvalue weighted by atomic mass is 32.1. The Morgan fingerprint density at radius 1 is 1.19 bits per heavy atom. The number of aromatic hydroxyl groups is 1. The molecule has 0 aliphatic heterocycles. The molecular weight excluding hydrogens is 365 g/mol. The van der Waals surface area contributed by atoms with Crippen LogP contribution in [0.1, 0.15) is 11.1 Å². The van der Waals surface area contributed by atoms with Crippen molar-refractivity contribution in [3.05, 3.63) is 70.9 Å². The van der Waals surface area contributed by atoms with Crippen molar-refractivity contribution >= 4 is 28.1 Å². The van der Waals surface area contributed by atoms with E-state index in [1.165, 1.54) is 23.5 Å². The van der Waals surface area contributed by atoms with E-state index >= 15 is 0 Å². The number of hydrogen-bond donors (Lipinski definition) is 3. The lowest BCUT2D eigenvalue weighted by atomic mass is 10.1. The van der Waals surface area contributed by atoms with E-state index < -0.39 is 5.82 Å². The number of nitrogens with zero attached hydrogens (tertiary/aromatic N) is 2. The van der Waals surface area contributed by atoms with Gasteiger partial charge in [0.25, 0.3) is 0 Å². The fraction of sp³-hybridized carbons (Fsp3) is 0.0500. The van der Waals surface area contributed by atoms with Crippen molar-refractivity contribution in [2.45, 2.75) is 6.92 Å². The molecule has 0 atom stereocenters. The van der Waals surface area contributed by atoms with Crippen LogP contribution >= 0.6 is 11.3 Å². The van der Waals surface area contributed by atoms with Gasteiger partial charge >= 0.3 is 0 Å². The van der Waals surface area contributed by atoms with Gasteiger partial charge in [0.05, 0.1) is 27.3 Å². The molecule has 5 nitrogen and oxygen atoms in total. The summed E-state index contributed by atoms with van der Waals surface area (Å²) >= 11 is 1.49. The minimum Gasteiger partial charge on any atom is -0.508 e. The smallest absolute Gasteiger partial charge is 0.172 e. The molecule has 4 aromatic rings. The molecule has 136 valence electrons. The van der Waals surface area contributed by atoms with Gasteiger partial charge < -0.3 is 20.6 Å². The molecule has 0 saturated heterocycles. The molecular formula is C20H16FN3O2S. The van der Waals surface area contributed by atoms with Crippen molar-refractivity contribution in [1.82, 2.24) is 4.57 Å². The summed E-state index contributed by atoms with van der Waals surface area (Å²) in [7, 11) is 0. The van der Waals surface area contributed by atoms with Crippen LogP contribution in [0.4, 0.5) is 4.39 Å². The SMILES string of the molecule is Cc1ccsc1-c1c(/C(N)=N/O)c2ccccc2n1-c1ccc(O)cc1F. The van der Waals surface area contributed by atoms with Gasteiger partial charge in [-0.05, 0) is 42.1 Å². The number of thiophene rings is 1. The lowest BCUT2D eigenvalue weighted by molar-refractivity contribution is 0.318. The number of para-hydroxylation sites is 1. The zero-order chi connectivity index (χ0) is 19.1. The van der Waals surface area contributed by atoms with Crippen LogP contribution in [0.3, 0.4) is 0 Å². The molecule has 0 bridgehead atoms. The monoisotopic (exact) mass is 381 g/mol. The molecule has 2 aromatic carbocycles. The molecule has 0 aliphatic rings. The van der Waals surface area contributed by atoms with E-state index in [-0.39, 0.29) is 17.3 Å². The summed E-state index contributed by atoms with van der Waals surface area (Å²) in [5.74, 6) is -0.776. The van der Waals surface area contributed by atoms with Gasteiger partial charge in [-0.15, -0.1) is 11.3 Å². The van der Waals surface area contributed by atoms with Gasteiger partial charge in [0.1, 0.15) is 5.75 Å². The molecule has 0 saturated carbocycles. The maximum atomic E-state index is 14.8. The van der Waals surface area contributed by atoms with Crippen LogP contribution in [-0.2, 0) is 0 Å². The summed E-state index contributed by atoms with van der Waals surface area (Å²) < 4.78 is 16.5. The Hall–Kier alpha value is -3.32. The summed E-state index contributed by atoms with van der Waals surface area (Å²) in [6, 6.07) is 13.4. The maximum Gasteiger partial charge on any atom is 0.172 e. The predicted octanol–water partition coefficient (Wildman–Crippen LogP) is 4.61. The molecule has 0 unspecified atom stereocenters. The summed E-state index contributed by atoms with van der Waals surface area (Å²) in [5.41, 5.74) is 9.18. The molecule has 4 N–H and O–H groups in total. The van der Waals surface area contributed by atoms with Gasteiger partial charge in [-0.3, -0.25) is 0 Å². The first kappa shape index (κ1) is 17.1. The van der Waals surface area contributed by atoms with Crippen molar-refractivity contribution in [2.75, 3.05) is 0 Å². The molecule has 0 amide bonds. The number of rotatable bonds is 3. The van der Waals surface area contributed by atoms with E-state index in [0.717, 1.165) is 21.9 Å². The average Bonchev–Trinajstić information content (AvgIpc) is 3.22. The zero-order valence-corrected chi connectivity index (χ0v) is 15.2. The van der Waals surface area contributed by atoms with Gasteiger partial charge in [0, 0.05) is 11.5 Å². The second-order valence-corrected chi connectivity index (χ2v) is 7.05. The first-order valence-corrected chi connectivity index (χ1v) is 9.05. The zero-order valence-electron chi connectivity index (χ0n) is 14.3. The number of aryl methyl sites for hydroxylation is 1. The molecule has 0 spiro atoms. The number of benzene rings is 2. The first-order valence-electron chi connectivity index (χ1n) is 8.17. The Morgan fingerprint density at radius 3 is 2.63 bits per heavy atom. The van der Waals surface area contributed by atoms with E-state index in [0.29, 0.717) is 16.8 Å². The summed E-state index contributed by atoms with van der Waals surface area (Å²) in [4.78, 5) is 0.889. The molecule has 2 heterocycles. The van der Waals surface area contributed by atoms with Crippen molar-refractivity contribution < 1.29 is 14.7 Å². The summed E-state index contributed by atoms with van der Waals surface area (Å²) in [6.07, 6.45) is 0. The summed E-state index contributed by atoms with van der Waals surface area (Å²) in [6.45, 7) is 1.96. The highest BCUT2D eigenvalue weighted by Gasteiger charge is 2.25. The quantitative estimate of drug-likeness (QED) is 0.210. The van der Waals surface area contributed by atoms with Gasteiger partial charge in [-0.1, -0.05) is 23.4 Å². The number of fused-ring (bicyclic) bond motifs is 1. The summed E-state index contributed by atoms with van der Waals surface area (Å²) in [5, 5.41) is 24.9. The molecule has 7 heteroatoms. The molecule has 0 radical (unpaired) electrons. The minimum absolute atomic E-state index is 0.0491. The Labute approximate surface area is 158 Å². The van der Waals surface area contributed by atoms with Crippen molar-refractivity contribution in [3.8, 4) is 22.0 Å². The predicted molar refractivity (Wildman–Crippen MR) is 105 cm³/mol. The van der Waals surface area contributed by atoms with Crippen LogP contribution < -0.4 is 5.73 Å². The van der Waals surface area contributed by atoms with Crippen molar-refractivity contribution in [2.24, 2.45) is 10.9 Å². The number of aromatic nitrogens is 1. The third-order valence-corrected chi connectivity index (χ3v) is 5.51. The number of phenolic OH excluding ortho intramolecular Hbond substituents is 1. The Kier molecular flexibility index (Phi) is 4.08. The molecule has 4 rings (SSSR count). The molecule has 27 heavy (non-hydrogen) atoms. The van der Waals surface area contributed by atoms with E-state index in [2.05, 4.69) is 5.16 Å². The molecule has 0 fully saturated rings. The molecule has 2 aromatic heterocycles. The van der Waals surface area contributed by atoms with E-state index in [9.17, 15) is 14.7 Å². The average molecular weight is 381 g/mol. The molecule has 0 aliphatic carbocycles. The van der Waals surface area contributed by atoms with Crippen LogP contribution in [0.5, 0.6) is 5.75 Å². The first-order chi connectivity index (χ1) is 13.0. The van der Waals surface area contributed by atoms with E-state index in [1.54, 1.807) is 4.57 Å². The van der Waals surface area contributed by atoms with Crippen LogP contribution in [-0.4, -0.2) is 20.7 Å². The Morgan fingerprint density at radius 2 is 1.96 bits per heavy atom. The normalized spacial score (nSPS) is 12.0. The largest absolute Gasteiger partial charge is 0.508 e. The van der Waals surface area contributed by atoms with Crippen LogP contribution in [0.25, 0.3) is 27.2 Å². The number of phenols is 1. The van der Waals surface area contributed by atoms with E-state index in [4.69, 9.17) is 5.73 Å². The highest BCUT2D eigenvalue weighted by molar-refractivity contribution is 7.13. The standard InChI is InChI=1S/C20H16FN3O2S/c1-11-8-9-27-19(11)18-17(20(22)23-26)13-4-2-3-5-15(13)24(18)16-7-6-12(25)10-14(16)21/h2-10,25-26H,1H3,(H2,22,23). The lowest BCUT2D eigenvalue weighted by Gasteiger charge is -2.13. The number of oxime groups is 1. The number of halogens is 1. The minimum atomic E-state index is -0.572. The fourth-order valence-electron chi connectivity index (χ4n) is 3.31. The van der Waals surface area contributed by atoms with Crippen molar-refractivity contribution in [3.63, 3.8) is 0 Å². The van der Waals surface area contributed by atoms with Crippen LogP contribution in [0, 0.1) is 12.7 Å². The third kappa shape index (κ3) is 2.63. The van der Waals surface area contributed by atoms with Gasteiger partial charge in [-0.2, -0.15) is 0 Å². The third-order valence-electron chi connectivity index (χ3n) is 4.49.